The van der Waals surface area contributed by atoms with Crippen molar-refractivity contribution in [3.63, 3.8) is 0 Å². The Balaban J connectivity index is 2.25. The molecule has 0 radical (unpaired) electrons. The normalized spacial score (nSPS) is 12.1. The Hall–Kier alpha value is -2.29. The second kappa shape index (κ2) is 6.31. The Morgan fingerprint density at radius 1 is 1.00 bits per heavy atom. The lowest BCUT2D eigenvalue weighted by atomic mass is 10.0. The Kier molecular flexibility index (Phi) is 4.35. The molecule has 126 valence electrons. The van der Waals surface area contributed by atoms with Crippen LogP contribution >= 0.6 is 0 Å². The first-order valence-electron chi connectivity index (χ1n) is 8.69. The largest absolute Gasteiger partial charge is 0.384 e. The summed E-state index contributed by atoms with van der Waals surface area (Å²) in [5.41, 5.74) is 4.48. The van der Waals surface area contributed by atoms with Crippen LogP contribution in [0.5, 0.6) is 0 Å². The van der Waals surface area contributed by atoms with Crippen LogP contribution in [0.2, 0.25) is 0 Å². The van der Waals surface area contributed by atoms with Crippen LogP contribution in [-0.4, -0.2) is 16.3 Å². The molecule has 1 N–H and O–H groups in total. The van der Waals surface area contributed by atoms with E-state index in [1.54, 1.807) is 0 Å². The van der Waals surface area contributed by atoms with Gasteiger partial charge in [0.1, 0.15) is 5.69 Å². The van der Waals surface area contributed by atoms with E-state index >= 15 is 0 Å². The molecule has 0 aliphatic heterocycles. The molecule has 2 aromatic carbocycles. The number of rotatable bonds is 4. The van der Waals surface area contributed by atoms with Crippen LogP contribution in [-0.2, 0) is 5.54 Å². The van der Waals surface area contributed by atoms with Crippen LogP contribution in [0.1, 0.15) is 34.6 Å². The highest BCUT2D eigenvalue weighted by atomic mass is 15.3. The second-order valence-corrected chi connectivity index (χ2v) is 7.77. The minimum absolute atomic E-state index is 0.0675. The van der Waals surface area contributed by atoms with E-state index in [4.69, 9.17) is 5.10 Å². The number of fused-ring (bicyclic) bond motifs is 1. The van der Waals surface area contributed by atoms with Gasteiger partial charge in [-0.25, -0.2) is 0 Å². The van der Waals surface area contributed by atoms with Crippen molar-refractivity contribution in [3.05, 3.63) is 48.5 Å². The van der Waals surface area contributed by atoms with Gasteiger partial charge in [0.15, 0.2) is 0 Å². The molecule has 0 atom stereocenters. The van der Waals surface area contributed by atoms with Crippen LogP contribution in [0, 0.1) is 5.92 Å². The van der Waals surface area contributed by atoms with E-state index in [0.717, 1.165) is 23.5 Å². The minimum atomic E-state index is -0.0675. The minimum Gasteiger partial charge on any atom is -0.384 e. The summed E-state index contributed by atoms with van der Waals surface area (Å²) >= 11 is 0. The van der Waals surface area contributed by atoms with Gasteiger partial charge in [0.05, 0.1) is 16.4 Å². The van der Waals surface area contributed by atoms with E-state index in [1.165, 1.54) is 10.9 Å². The summed E-state index contributed by atoms with van der Waals surface area (Å²) < 4.78 is 2.14. The lowest BCUT2D eigenvalue weighted by Crippen LogP contribution is -2.22. The summed E-state index contributed by atoms with van der Waals surface area (Å²) in [6.45, 7) is 12.0. The molecule has 0 bridgehead atoms. The van der Waals surface area contributed by atoms with Gasteiger partial charge in [-0.1, -0.05) is 50.2 Å². The monoisotopic (exact) mass is 321 g/mol. The third-order valence-electron chi connectivity index (χ3n) is 4.09. The van der Waals surface area contributed by atoms with E-state index in [9.17, 15) is 0 Å². The average molecular weight is 321 g/mol. The maximum absolute atomic E-state index is 5.00. The molecule has 1 aromatic heterocycles. The SMILES string of the molecule is CC(C)CNc1cccc2c1c(-c1ccccc1)nn2C(C)(C)C. The Morgan fingerprint density at radius 2 is 1.71 bits per heavy atom. The van der Waals surface area contributed by atoms with Gasteiger partial charge in [0.2, 0.25) is 0 Å². The molecule has 3 aromatic rings. The van der Waals surface area contributed by atoms with Gasteiger partial charge in [-0.15, -0.1) is 0 Å². The molecule has 0 aliphatic rings. The molecule has 3 rings (SSSR count). The highest BCUT2D eigenvalue weighted by Crippen LogP contribution is 2.36. The van der Waals surface area contributed by atoms with E-state index in [2.05, 4.69) is 87.1 Å². The summed E-state index contributed by atoms with van der Waals surface area (Å²) in [6.07, 6.45) is 0. The fourth-order valence-corrected chi connectivity index (χ4v) is 2.94. The van der Waals surface area contributed by atoms with Gasteiger partial charge < -0.3 is 5.32 Å². The van der Waals surface area contributed by atoms with Crippen LogP contribution in [0.25, 0.3) is 22.2 Å². The van der Waals surface area contributed by atoms with Gasteiger partial charge in [-0.2, -0.15) is 5.10 Å². The zero-order chi connectivity index (χ0) is 17.3. The number of hydrogen-bond donors (Lipinski definition) is 1. The molecule has 0 spiro atoms. The van der Waals surface area contributed by atoms with Gasteiger partial charge >= 0.3 is 0 Å². The summed E-state index contributed by atoms with van der Waals surface area (Å²) in [5, 5.41) is 9.81. The molecule has 0 unspecified atom stereocenters. The lowest BCUT2D eigenvalue weighted by Gasteiger charge is -2.20. The molecule has 0 aliphatic carbocycles. The molecular weight excluding hydrogens is 294 g/mol. The van der Waals surface area contributed by atoms with Gasteiger partial charge in [-0.05, 0) is 38.8 Å². The molecule has 0 amide bonds. The zero-order valence-corrected chi connectivity index (χ0v) is 15.3. The zero-order valence-electron chi connectivity index (χ0n) is 15.3. The summed E-state index contributed by atoms with van der Waals surface area (Å²) in [4.78, 5) is 0. The first-order chi connectivity index (χ1) is 11.4. The maximum atomic E-state index is 5.00. The van der Waals surface area contributed by atoms with Crippen LogP contribution in [0.15, 0.2) is 48.5 Å². The first kappa shape index (κ1) is 16.6. The van der Waals surface area contributed by atoms with Crippen LogP contribution in [0.3, 0.4) is 0 Å². The smallest absolute Gasteiger partial charge is 0.102 e. The maximum Gasteiger partial charge on any atom is 0.102 e. The fraction of sp³-hybridized carbons (Fsp3) is 0.381. The second-order valence-electron chi connectivity index (χ2n) is 7.77. The number of benzene rings is 2. The summed E-state index contributed by atoms with van der Waals surface area (Å²) in [6, 6.07) is 16.9. The molecule has 0 saturated heterocycles. The van der Waals surface area contributed by atoms with Crippen LogP contribution in [0.4, 0.5) is 5.69 Å². The highest BCUT2D eigenvalue weighted by Gasteiger charge is 2.22. The summed E-state index contributed by atoms with van der Waals surface area (Å²) in [7, 11) is 0. The predicted octanol–water partition coefficient (Wildman–Crippen LogP) is 5.53. The number of aromatic nitrogens is 2. The standard InChI is InChI=1S/C21H27N3/c1-15(2)14-22-17-12-9-13-18-19(17)20(16-10-7-6-8-11-16)23-24(18)21(3,4)5/h6-13,15,22H,14H2,1-5H3. The molecule has 3 heteroatoms. The van der Waals surface area contributed by atoms with Gasteiger partial charge in [0, 0.05) is 17.8 Å². The van der Waals surface area contributed by atoms with E-state index in [-0.39, 0.29) is 5.54 Å². The topological polar surface area (TPSA) is 29.9 Å². The number of anilines is 1. The quantitative estimate of drug-likeness (QED) is 0.685. The van der Waals surface area contributed by atoms with E-state index in [0.29, 0.717) is 5.92 Å². The summed E-state index contributed by atoms with van der Waals surface area (Å²) in [5.74, 6) is 0.595. The van der Waals surface area contributed by atoms with Crippen molar-refractivity contribution in [1.29, 1.82) is 0 Å². The van der Waals surface area contributed by atoms with E-state index in [1.807, 2.05) is 6.07 Å². The molecule has 0 saturated carbocycles. The predicted molar refractivity (Wildman–Crippen MR) is 103 cm³/mol. The third-order valence-corrected chi connectivity index (χ3v) is 4.09. The van der Waals surface area contributed by atoms with E-state index < -0.39 is 0 Å². The number of nitrogens with zero attached hydrogens (tertiary/aromatic N) is 2. The van der Waals surface area contributed by atoms with Crippen molar-refractivity contribution in [2.45, 2.75) is 40.2 Å². The van der Waals surface area contributed by atoms with Crippen molar-refractivity contribution in [2.24, 2.45) is 5.92 Å². The number of hydrogen-bond acceptors (Lipinski definition) is 2. The van der Waals surface area contributed by atoms with Gasteiger partial charge in [-0.3, -0.25) is 4.68 Å². The average Bonchev–Trinajstić information content (AvgIpc) is 2.94. The Bertz CT molecular complexity index is 823. The Morgan fingerprint density at radius 3 is 2.33 bits per heavy atom. The highest BCUT2D eigenvalue weighted by molar-refractivity contribution is 6.02. The van der Waals surface area contributed by atoms with Crippen molar-refractivity contribution in [2.75, 3.05) is 11.9 Å². The third kappa shape index (κ3) is 3.16. The first-order valence-corrected chi connectivity index (χ1v) is 8.69. The molecule has 3 nitrogen and oxygen atoms in total. The van der Waals surface area contributed by atoms with Crippen molar-refractivity contribution < 1.29 is 0 Å². The molecule has 0 fully saturated rings. The van der Waals surface area contributed by atoms with Crippen LogP contribution < -0.4 is 5.32 Å². The Labute approximate surface area is 144 Å². The van der Waals surface area contributed by atoms with Crippen molar-refractivity contribution >= 4 is 16.6 Å². The lowest BCUT2D eigenvalue weighted by molar-refractivity contribution is 0.369. The van der Waals surface area contributed by atoms with Gasteiger partial charge in [0.25, 0.3) is 0 Å². The van der Waals surface area contributed by atoms with Crippen molar-refractivity contribution in [3.8, 4) is 11.3 Å². The molecular formula is C21H27N3. The van der Waals surface area contributed by atoms with Crippen molar-refractivity contribution in [1.82, 2.24) is 9.78 Å². The molecule has 24 heavy (non-hydrogen) atoms. The molecule has 1 heterocycles. The fourth-order valence-electron chi connectivity index (χ4n) is 2.94. The number of nitrogens with one attached hydrogen (secondary N) is 1.